The fourth-order valence-corrected chi connectivity index (χ4v) is 9.56. The second-order valence-corrected chi connectivity index (χ2v) is 19.9. The zero-order chi connectivity index (χ0) is 55.7. The lowest BCUT2D eigenvalue weighted by Crippen LogP contribution is -2.66. The van der Waals surface area contributed by atoms with Crippen LogP contribution in [0.2, 0.25) is 0 Å². The lowest BCUT2D eigenvalue weighted by molar-refractivity contribution is -0.374. The Bertz CT molecular complexity index is 2660. The van der Waals surface area contributed by atoms with Crippen molar-refractivity contribution < 1.29 is 98.3 Å². The van der Waals surface area contributed by atoms with Crippen LogP contribution in [0.25, 0.3) is 33.4 Å². The number of rotatable bonds is 23. The number of anilines is 1. The van der Waals surface area contributed by atoms with Gasteiger partial charge >= 0.3 is 5.97 Å². The largest absolute Gasteiger partial charge is 0.478 e. The van der Waals surface area contributed by atoms with E-state index in [1.807, 2.05) is 74.1 Å². The number of hydrogen-bond donors (Lipinski definition) is 12. The molecule has 5 aliphatic rings. The second kappa shape index (κ2) is 27.1. The van der Waals surface area contributed by atoms with Crippen molar-refractivity contribution in [2.24, 2.45) is 0 Å². The number of unbranched alkanes of at least 4 members (excludes halogenated alkanes) is 5. The Hall–Kier alpha value is -5.26. The van der Waals surface area contributed by atoms with E-state index in [-0.39, 0.29) is 43.2 Å². The fraction of sp³-hybridized carbons (Fsp3) is 0.585. The third-order valence-corrected chi connectivity index (χ3v) is 14.0. The van der Waals surface area contributed by atoms with Gasteiger partial charge in [-0.3, -0.25) is 9.59 Å². The number of nitrogens with zero attached hydrogens (tertiary/aromatic N) is 2. The number of carbonyl (C=O) groups is 3. The number of amides is 2. The molecule has 4 heterocycles. The van der Waals surface area contributed by atoms with Crippen LogP contribution in [0.4, 0.5) is 5.69 Å². The maximum atomic E-state index is 13.3. The van der Waals surface area contributed by atoms with Crippen LogP contribution in [-0.2, 0) is 33.2 Å². The summed E-state index contributed by atoms with van der Waals surface area (Å²) >= 11 is 0. The summed E-state index contributed by atoms with van der Waals surface area (Å²) in [5, 5.41) is 111. The average Bonchev–Trinajstić information content (AvgIpc) is 3.44. The molecule has 77 heavy (non-hydrogen) atoms. The van der Waals surface area contributed by atoms with Crippen molar-refractivity contribution in [2.75, 3.05) is 72.6 Å². The van der Waals surface area contributed by atoms with Gasteiger partial charge in [-0.15, -0.1) is 0 Å². The molecular weight excluding hydrogens is 1010 g/mol. The van der Waals surface area contributed by atoms with Crippen molar-refractivity contribution in [1.82, 2.24) is 15.2 Å². The molecule has 4 aliphatic heterocycles. The minimum atomic E-state index is -1.89. The van der Waals surface area contributed by atoms with Crippen molar-refractivity contribution in [1.29, 1.82) is 0 Å². The number of aliphatic hydroxyl groups excluding tert-OH is 9. The molecule has 424 valence electrons. The van der Waals surface area contributed by atoms with Gasteiger partial charge in [-0.1, -0.05) is 31.7 Å². The summed E-state index contributed by atoms with van der Waals surface area (Å²) in [6.07, 6.45) is -17.7. The molecule has 2 aromatic carbocycles. The zero-order valence-corrected chi connectivity index (χ0v) is 43.4. The van der Waals surface area contributed by atoms with E-state index in [1.165, 1.54) is 6.07 Å². The monoisotopic (exact) mass is 1090 g/mol. The molecule has 0 unspecified atom stereocenters. The van der Waals surface area contributed by atoms with E-state index in [2.05, 4.69) is 10.6 Å². The van der Waals surface area contributed by atoms with E-state index in [4.69, 9.17) is 32.8 Å². The third-order valence-electron chi connectivity index (χ3n) is 14.0. The van der Waals surface area contributed by atoms with Crippen molar-refractivity contribution in [2.45, 2.75) is 131 Å². The van der Waals surface area contributed by atoms with Gasteiger partial charge in [0.15, 0.2) is 18.9 Å². The molecule has 0 aromatic heterocycles. The quantitative estimate of drug-likeness (QED) is 0.0233. The highest BCUT2D eigenvalue weighted by atomic mass is 16.8. The second-order valence-electron chi connectivity index (χ2n) is 19.9. The molecule has 7 rings (SSSR count). The van der Waals surface area contributed by atoms with E-state index in [0.29, 0.717) is 46.3 Å². The summed E-state index contributed by atoms with van der Waals surface area (Å²) in [5.41, 5.74) is 3.37. The van der Waals surface area contributed by atoms with Gasteiger partial charge in [0, 0.05) is 80.1 Å². The summed E-state index contributed by atoms with van der Waals surface area (Å²) < 4.78 is 41.8. The highest BCUT2D eigenvalue weighted by Gasteiger charge is 2.53. The van der Waals surface area contributed by atoms with E-state index < -0.39 is 118 Å². The van der Waals surface area contributed by atoms with Gasteiger partial charge < -0.3 is 99.4 Å². The number of carbonyl (C=O) groups excluding carboxylic acids is 2. The zero-order valence-electron chi connectivity index (χ0n) is 43.4. The molecule has 24 heteroatoms. The lowest BCUT2D eigenvalue weighted by Gasteiger charge is -2.47. The molecule has 24 nitrogen and oxygen atoms in total. The van der Waals surface area contributed by atoms with Crippen molar-refractivity contribution in [3.63, 3.8) is 0 Å². The first-order chi connectivity index (χ1) is 36.8. The summed E-state index contributed by atoms with van der Waals surface area (Å²) in [5.74, 6) is -1.30. The summed E-state index contributed by atoms with van der Waals surface area (Å²) in [6, 6.07) is 16.1. The summed E-state index contributed by atoms with van der Waals surface area (Å²) in [6.45, 7) is -1.51. The maximum Gasteiger partial charge on any atom is 0.336 e. The molecule has 0 bridgehead atoms. The highest BCUT2D eigenvalue weighted by molar-refractivity contribution is 6.09. The van der Waals surface area contributed by atoms with Crippen molar-refractivity contribution in [3.05, 3.63) is 71.1 Å². The maximum absolute atomic E-state index is 13.3. The minimum absolute atomic E-state index is 0.0570. The smallest absolute Gasteiger partial charge is 0.336 e. The number of carboxylic acid groups (broad SMARTS) is 1. The van der Waals surface area contributed by atoms with Crippen molar-refractivity contribution in [3.8, 4) is 22.5 Å². The van der Waals surface area contributed by atoms with Crippen LogP contribution in [-0.4, -0.2) is 223 Å². The molecule has 2 aromatic rings. The number of benzene rings is 3. The molecule has 3 saturated heterocycles. The first-order valence-corrected chi connectivity index (χ1v) is 25.8. The normalized spacial score (nSPS) is 28.6. The minimum Gasteiger partial charge on any atom is -0.478 e. The molecule has 0 spiro atoms. The number of nitrogens with one attached hydrogen (secondary N) is 2. The Kier molecular flexibility index (Phi) is 20.9. The fourth-order valence-electron chi connectivity index (χ4n) is 9.56. The van der Waals surface area contributed by atoms with Gasteiger partial charge in [-0.2, -0.15) is 0 Å². The van der Waals surface area contributed by atoms with Crippen molar-refractivity contribution >= 4 is 34.4 Å². The predicted molar refractivity (Wildman–Crippen MR) is 273 cm³/mol. The molecule has 0 radical (unpaired) electrons. The van der Waals surface area contributed by atoms with E-state index in [0.717, 1.165) is 36.7 Å². The van der Waals surface area contributed by atoms with Crippen LogP contribution in [0.3, 0.4) is 0 Å². The third kappa shape index (κ3) is 14.1. The van der Waals surface area contributed by atoms with Gasteiger partial charge in [0.1, 0.15) is 92.6 Å². The first-order valence-electron chi connectivity index (χ1n) is 25.8. The first kappa shape index (κ1) is 59.4. The van der Waals surface area contributed by atoms with Crippen LogP contribution < -0.4 is 25.5 Å². The Morgan fingerprint density at radius 1 is 0.688 bits per heavy atom. The predicted octanol–water partition coefficient (Wildman–Crippen LogP) is -1.32. The Morgan fingerprint density at radius 2 is 1.30 bits per heavy atom. The van der Waals surface area contributed by atoms with Gasteiger partial charge in [-0.05, 0) is 48.7 Å². The standard InChI is InChI=1S/C53H72N4O20/c1-56(2)28-13-16-31-35(22-28)73-36-23-29(57(3)4)14-17-32(36)40(31)30-15-12-27(21-33(30)50(69)70)49(68)55-19-18-54-39(61)11-9-7-5-6-8-10-20-71-51-45(66)42(63)48(37(24-58)74-51)77-53-46(67)43(64)47(38(25-59)75-53)76-52-44(65)41(62)34(60)26-72-52/h12-17,21-23,34,37-38,41-48,51-53,58-60,62-67H,5-11,18-20,24-26H2,1-4H3,(H2-,54,55,61,68,69,70)/p+1/t34-,37+,38+,41-,42+,43+,44+,45+,46+,47-,48+,51+,52+,53-/m0/s1. The lowest BCUT2D eigenvalue weighted by atomic mass is 9.89. The number of fused-ring (bicyclic) bond motifs is 2. The molecule has 0 saturated carbocycles. The Labute approximate surface area is 443 Å². The van der Waals surface area contributed by atoms with E-state index >= 15 is 0 Å². The Balaban J connectivity index is 0.794. The Morgan fingerprint density at radius 3 is 1.96 bits per heavy atom. The van der Waals surface area contributed by atoms with Crippen LogP contribution in [0.1, 0.15) is 65.7 Å². The molecule has 1 aliphatic carbocycles. The molecule has 12 N–H and O–H groups in total. The van der Waals surface area contributed by atoms with Crippen LogP contribution in [0.15, 0.2) is 59.0 Å². The number of ether oxygens (including phenoxy) is 6. The molecule has 14 atom stereocenters. The van der Waals surface area contributed by atoms with Gasteiger partial charge in [-0.25, -0.2) is 9.37 Å². The van der Waals surface area contributed by atoms with E-state index in [1.54, 1.807) is 12.1 Å². The van der Waals surface area contributed by atoms with Gasteiger partial charge in [0.2, 0.25) is 11.3 Å². The number of aromatic carboxylic acids is 1. The summed E-state index contributed by atoms with van der Waals surface area (Å²) in [4.78, 5) is 40.6. The SMILES string of the molecule is CN(C)c1ccc2c(-c3ccc(C(=O)NCCNC(=O)CCCCCCCCO[C@@H]4O[C@H](CO)[C@@H](O[C@@H]5O[C@H](CO)[C@H](O[C@H]6OC[C@H](O)[C@H](O)[C@H]6O)[C@H](O)[C@H]5O)[C@H](O)[C@H]4O)cc3C(=O)O)c3ccc(=[N+](C)C)cc-3oc2c1. The topological polar surface area (TPSA) is 352 Å². The number of carboxylic acids is 1. The van der Waals surface area contributed by atoms with E-state index in [9.17, 15) is 65.4 Å². The molecule has 3 fully saturated rings. The van der Waals surface area contributed by atoms with Crippen LogP contribution in [0.5, 0.6) is 0 Å². The molecule has 2 amide bonds. The number of hydrogen-bond acceptors (Lipinski definition) is 20. The van der Waals surface area contributed by atoms with Crippen LogP contribution >= 0.6 is 0 Å². The van der Waals surface area contributed by atoms with Gasteiger partial charge in [0.05, 0.1) is 31.5 Å². The average molecular weight is 1090 g/mol. The van der Waals surface area contributed by atoms with Gasteiger partial charge in [0.25, 0.3) is 5.91 Å². The molecular formula is C53H73N4O20+. The van der Waals surface area contributed by atoms with Crippen LogP contribution in [0, 0.1) is 0 Å². The summed E-state index contributed by atoms with van der Waals surface area (Å²) in [7, 11) is 7.68. The number of aliphatic hydroxyl groups is 9. The highest BCUT2D eigenvalue weighted by Crippen LogP contribution is 2.42.